The Morgan fingerprint density at radius 1 is 1.15 bits per heavy atom. The van der Waals surface area contributed by atoms with Crippen LogP contribution in [0.25, 0.3) is 16.3 Å². The van der Waals surface area contributed by atoms with Crippen LogP contribution in [0, 0.1) is 0 Å². The molecule has 132 valence electrons. The van der Waals surface area contributed by atoms with E-state index in [1.807, 2.05) is 24.3 Å². The summed E-state index contributed by atoms with van der Waals surface area (Å²) in [6, 6.07) is 14.8. The van der Waals surface area contributed by atoms with Crippen LogP contribution in [0.15, 0.2) is 54.6 Å². The summed E-state index contributed by atoms with van der Waals surface area (Å²) in [5.74, 6) is -0.254. The van der Waals surface area contributed by atoms with Crippen molar-refractivity contribution in [3.8, 4) is 5.75 Å². The highest BCUT2D eigenvalue weighted by Crippen LogP contribution is 2.25. The van der Waals surface area contributed by atoms with Gasteiger partial charge >= 0.3 is 0 Å². The Hall–Kier alpha value is -3.19. The summed E-state index contributed by atoms with van der Waals surface area (Å²) in [6.07, 6.45) is 3.22. The first-order chi connectivity index (χ1) is 12.6. The molecule has 2 aromatic carbocycles. The summed E-state index contributed by atoms with van der Waals surface area (Å²) in [7, 11) is 0. The molecular weight excluding hydrogens is 350 g/mol. The zero-order valence-electron chi connectivity index (χ0n) is 13.8. The number of hydrogen-bond donors (Lipinski definition) is 2. The standard InChI is InChI=1S/C19H17N3O3S/c20-17(23)11-12-25-15-7-3-1-5-13(15)21-18(24)9-10-19-22-14-6-2-4-8-16(14)26-19/h1-10H,11-12H2,(H2,20,23)(H,21,24). The van der Waals surface area contributed by atoms with Crippen LogP contribution in [-0.2, 0) is 9.59 Å². The predicted molar refractivity (Wildman–Crippen MR) is 103 cm³/mol. The molecule has 0 saturated carbocycles. The number of primary amides is 1. The average molecular weight is 367 g/mol. The van der Waals surface area contributed by atoms with Gasteiger partial charge in [-0.2, -0.15) is 0 Å². The molecule has 1 heterocycles. The van der Waals surface area contributed by atoms with Crippen LogP contribution in [0.2, 0.25) is 0 Å². The van der Waals surface area contributed by atoms with E-state index in [-0.39, 0.29) is 18.9 Å². The molecule has 6 nitrogen and oxygen atoms in total. The number of nitrogens with one attached hydrogen (secondary N) is 1. The third-order valence-electron chi connectivity index (χ3n) is 3.44. The second kappa shape index (κ2) is 8.26. The Morgan fingerprint density at radius 2 is 1.92 bits per heavy atom. The first-order valence-corrected chi connectivity index (χ1v) is 8.78. The van der Waals surface area contributed by atoms with Gasteiger partial charge in [0.1, 0.15) is 10.8 Å². The number of ether oxygens (including phenoxy) is 1. The summed E-state index contributed by atoms with van der Waals surface area (Å²) in [6.45, 7) is 0.157. The van der Waals surface area contributed by atoms with Crippen LogP contribution in [0.3, 0.4) is 0 Å². The number of anilines is 1. The number of aromatic nitrogens is 1. The molecule has 2 amide bonds. The minimum Gasteiger partial charge on any atom is -0.491 e. The van der Waals surface area contributed by atoms with Gasteiger partial charge in [-0.15, -0.1) is 11.3 Å². The molecule has 26 heavy (non-hydrogen) atoms. The lowest BCUT2D eigenvalue weighted by atomic mass is 10.3. The predicted octanol–water partition coefficient (Wildman–Crippen LogP) is 3.20. The second-order valence-electron chi connectivity index (χ2n) is 5.40. The Bertz CT molecular complexity index is 932. The molecule has 0 radical (unpaired) electrons. The SMILES string of the molecule is NC(=O)CCOc1ccccc1NC(=O)C=Cc1nc2ccccc2s1. The second-order valence-corrected chi connectivity index (χ2v) is 6.47. The molecule has 0 aliphatic rings. The molecule has 1 aromatic heterocycles. The molecule has 0 atom stereocenters. The molecule has 0 fully saturated rings. The van der Waals surface area contributed by atoms with E-state index in [0.717, 1.165) is 15.2 Å². The quantitative estimate of drug-likeness (QED) is 0.627. The summed E-state index contributed by atoms with van der Waals surface area (Å²) >= 11 is 1.52. The third kappa shape index (κ3) is 4.67. The third-order valence-corrected chi connectivity index (χ3v) is 4.44. The molecule has 3 rings (SSSR count). The van der Waals surface area contributed by atoms with E-state index < -0.39 is 5.91 Å². The molecule has 0 aliphatic heterocycles. The number of benzene rings is 2. The lowest BCUT2D eigenvalue weighted by molar-refractivity contribution is -0.118. The lowest BCUT2D eigenvalue weighted by Gasteiger charge is -2.10. The van der Waals surface area contributed by atoms with Crippen molar-refractivity contribution in [1.29, 1.82) is 0 Å². The first-order valence-electron chi connectivity index (χ1n) is 7.96. The number of thiazole rings is 1. The highest BCUT2D eigenvalue weighted by Gasteiger charge is 2.07. The number of para-hydroxylation sites is 3. The monoisotopic (exact) mass is 367 g/mol. The summed E-state index contributed by atoms with van der Waals surface area (Å²) < 4.78 is 6.57. The van der Waals surface area contributed by atoms with Crippen LogP contribution in [0.5, 0.6) is 5.75 Å². The van der Waals surface area contributed by atoms with Gasteiger partial charge in [-0.05, 0) is 30.3 Å². The molecule has 7 heteroatoms. The first kappa shape index (κ1) is 17.6. The van der Waals surface area contributed by atoms with Crippen molar-refractivity contribution >= 4 is 45.1 Å². The zero-order chi connectivity index (χ0) is 18.4. The molecule has 0 aliphatic carbocycles. The Labute approximate surface area is 154 Å². The Morgan fingerprint density at radius 3 is 2.73 bits per heavy atom. The van der Waals surface area contributed by atoms with Crippen molar-refractivity contribution in [3.63, 3.8) is 0 Å². The van der Waals surface area contributed by atoms with Crippen molar-refractivity contribution in [3.05, 3.63) is 59.6 Å². The average Bonchev–Trinajstić information content (AvgIpc) is 3.04. The van der Waals surface area contributed by atoms with E-state index >= 15 is 0 Å². The van der Waals surface area contributed by atoms with Crippen LogP contribution in [0.1, 0.15) is 11.4 Å². The highest BCUT2D eigenvalue weighted by atomic mass is 32.1. The molecule has 0 spiro atoms. The topological polar surface area (TPSA) is 94.3 Å². The summed E-state index contributed by atoms with van der Waals surface area (Å²) in [5.41, 5.74) is 6.53. The minimum atomic E-state index is -0.440. The Kier molecular flexibility index (Phi) is 5.60. The van der Waals surface area contributed by atoms with Crippen LogP contribution in [0.4, 0.5) is 5.69 Å². The molecule has 0 saturated heterocycles. The molecule has 0 unspecified atom stereocenters. The maximum Gasteiger partial charge on any atom is 0.248 e. The van der Waals surface area contributed by atoms with Gasteiger partial charge in [0.2, 0.25) is 11.8 Å². The maximum atomic E-state index is 12.2. The molecule has 3 N–H and O–H groups in total. The van der Waals surface area contributed by atoms with Gasteiger partial charge in [-0.25, -0.2) is 4.98 Å². The van der Waals surface area contributed by atoms with E-state index in [1.54, 1.807) is 30.3 Å². The van der Waals surface area contributed by atoms with Gasteiger partial charge in [0.25, 0.3) is 0 Å². The van der Waals surface area contributed by atoms with E-state index in [2.05, 4.69) is 10.3 Å². The number of hydrogen-bond acceptors (Lipinski definition) is 5. The van der Waals surface area contributed by atoms with E-state index in [4.69, 9.17) is 10.5 Å². The van der Waals surface area contributed by atoms with Gasteiger partial charge in [-0.3, -0.25) is 9.59 Å². The molecule has 3 aromatic rings. The highest BCUT2D eigenvalue weighted by molar-refractivity contribution is 7.19. The number of nitrogens with two attached hydrogens (primary N) is 1. The van der Waals surface area contributed by atoms with Crippen LogP contribution in [-0.4, -0.2) is 23.4 Å². The van der Waals surface area contributed by atoms with Gasteiger partial charge in [0.15, 0.2) is 0 Å². The number of nitrogens with zero attached hydrogens (tertiary/aromatic N) is 1. The van der Waals surface area contributed by atoms with E-state index in [1.165, 1.54) is 17.4 Å². The molecule has 0 bridgehead atoms. The van der Waals surface area contributed by atoms with Gasteiger partial charge in [-0.1, -0.05) is 24.3 Å². The summed E-state index contributed by atoms with van der Waals surface area (Å²) in [5, 5.41) is 3.52. The van der Waals surface area contributed by atoms with Crippen molar-refractivity contribution in [2.45, 2.75) is 6.42 Å². The van der Waals surface area contributed by atoms with Gasteiger partial charge < -0.3 is 15.8 Å². The molecular formula is C19H17N3O3S. The zero-order valence-corrected chi connectivity index (χ0v) is 14.7. The fraction of sp³-hybridized carbons (Fsp3) is 0.105. The van der Waals surface area contributed by atoms with E-state index in [9.17, 15) is 9.59 Å². The maximum absolute atomic E-state index is 12.2. The normalized spacial score (nSPS) is 10.9. The van der Waals surface area contributed by atoms with Crippen molar-refractivity contribution in [2.75, 3.05) is 11.9 Å². The lowest BCUT2D eigenvalue weighted by Crippen LogP contribution is -2.15. The number of rotatable bonds is 7. The van der Waals surface area contributed by atoms with Gasteiger partial charge in [0, 0.05) is 6.08 Å². The van der Waals surface area contributed by atoms with Crippen LogP contribution >= 0.6 is 11.3 Å². The number of carbonyl (C=O) groups excluding carboxylic acids is 2. The van der Waals surface area contributed by atoms with E-state index in [0.29, 0.717) is 11.4 Å². The fourth-order valence-electron chi connectivity index (χ4n) is 2.24. The van der Waals surface area contributed by atoms with Crippen molar-refractivity contribution < 1.29 is 14.3 Å². The number of carbonyl (C=O) groups is 2. The van der Waals surface area contributed by atoms with Crippen LogP contribution < -0.4 is 15.8 Å². The van der Waals surface area contributed by atoms with Crippen molar-refractivity contribution in [2.24, 2.45) is 5.73 Å². The number of fused-ring (bicyclic) bond motifs is 1. The van der Waals surface area contributed by atoms with Crippen molar-refractivity contribution in [1.82, 2.24) is 4.98 Å². The fourth-order valence-corrected chi connectivity index (χ4v) is 3.11. The minimum absolute atomic E-state index is 0.111. The smallest absolute Gasteiger partial charge is 0.248 e. The number of amides is 2. The Balaban J connectivity index is 1.65. The largest absolute Gasteiger partial charge is 0.491 e. The van der Waals surface area contributed by atoms with Gasteiger partial charge in [0.05, 0.1) is 28.9 Å². The summed E-state index contributed by atoms with van der Waals surface area (Å²) in [4.78, 5) is 27.4.